The van der Waals surface area contributed by atoms with Crippen LogP contribution in [0.15, 0.2) is 30.3 Å². The van der Waals surface area contributed by atoms with Gasteiger partial charge in [-0.25, -0.2) is 0 Å². The normalized spacial score (nSPS) is 9.56. The van der Waals surface area contributed by atoms with Crippen molar-refractivity contribution in [3.63, 3.8) is 0 Å². The summed E-state index contributed by atoms with van der Waals surface area (Å²) in [7, 11) is 1.76. The summed E-state index contributed by atoms with van der Waals surface area (Å²) in [6, 6.07) is 9.80. The van der Waals surface area contributed by atoms with Crippen LogP contribution in [0.5, 0.6) is 0 Å². The van der Waals surface area contributed by atoms with Crippen LogP contribution >= 0.6 is 0 Å². The fourth-order valence-electron chi connectivity index (χ4n) is 1.37. The second-order valence-electron chi connectivity index (χ2n) is 3.56. The van der Waals surface area contributed by atoms with Gasteiger partial charge in [0.05, 0.1) is 0 Å². The molecule has 0 aliphatic carbocycles. The van der Waals surface area contributed by atoms with Crippen molar-refractivity contribution in [1.82, 2.24) is 10.2 Å². The molecule has 0 unspecified atom stereocenters. The molecular weight excluding hydrogens is 204 g/mol. The van der Waals surface area contributed by atoms with Gasteiger partial charge in [-0.3, -0.25) is 9.59 Å². The number of benzene rings is 1. The van der Waals surface area contributed by atoms with Gasteiger partial charge < -0.3 is 10.2 Å². The second kappa shape index (κ2) is 6.61. The minimum absolute atomic E-state index is 0.0261. The van der Waals surface area contributed by atoms with Crippen LogP contribution in [-0.4, -0.2) is 30.8 Å². The molecule has 0 aliphatic rings. The lowest BCUT2D eigenvalue weighted by Gasteiger charge is -2.17. The molecule has 4 heteroatoms. The van der Waals surface area contributed by atoms with E-state index in [0.717, 1.165) is 5.56 Å². The topological polar surface area (TPSA) is 49.4 Å². The highest BCUT2D eigenvalue weighted by Gasteiger charge is 2.07. The van der Waals surface area contributed by atoms with E-state index in [1.165, 1.54) is 0 Å². The van der Waals surface area contributed by atoms with E-state index >= 15 is 0 Å². The van der Waals surface area contributed by atoms with Gasteiger partial charge in [0.1, 0.15) is 0 Å². The molecule has 1 aromatic rings. The number of amides is 2. The zero-order valence-corrected chi connectivity index (χ0v) is 9.35. The summed E-state index contributed by atoms with van der Waals surface area (Å²) in [5, 5.41) is 2.47. The van der Waals surface area contributed by atoms with E-state index in [1.54, 1.807) is 11.9 Å². The highest BCUT2D eigenvalue weighted by Crippen LogP contribution is 2.03. The monoisotopic (exact) mass is 220 g/mol. The summed E-state index contributed by atoms with van der Waals surface area (Å²) in [6.45, 7) is 0.988. The smallest absolute Gasteiger partial charge is 0.224 e. The summed E-state index contributed by atoms with van der Waals surface area (Å²) < 4.78 is 0. The standard InChI is InChI=1S/C12H16N2O2/c1-14(12(16)7-8-13-10-15)9-11-5-3-2-4-6-11/h2-6,10H,7-9H2,1H3,(H,13,15). The Hall–Kier alpha value is -1.84. The quantitative estimate of drug-likeness (QED) is 0.569. The first-order valence-electron chi connectivity index (χ1n) is 5.19. The third-order valence-corrected chi connectivity index (χ3v) is 2.25. The van der Waals surface area contributed by atoms with Crippen molar-refractivity contribution in [3.8, 4) is 0 Å². The predicted octanol–water partition coefficient (Wildman–Crippen LogP) is 0.781. The van der Waals surface area contributed by atoms with Crippen LogP contribution in [0.25, 0.3) is 0 Å². The molecule has 1 aromatic carbocycles. The zero-order valence-electron chi connectivity index (χ0n) is 9.35. The number of hydrogen-bond donors (Lipinski definition) is 1. The van der Waals surface area contributed by atoms with E-state index in [4.69, 9.17) is 0 Å². The fraction of sp³-hybridized carbons (Fsp3) is 0.333. The van der Waals surface area contributed by atoms with E-state index in [-0.39, 0.29) is 5.91 Å². The molecule has 0 atom stereocenters. The summed E-state index contributed by atoms with van der Waals surface area (Å²) in [4.78, 5) is 23.3. The maximum Gasteiger partial charge on any atom is 0.224 e. The molecule has 0 heterocycles. The number of nitrogens with one attached hydrogen (secondary N) is 1. The molecule has 0 bridgehead atoms. The van der Waals surface area contributed by atoms with E-state index in [1.807, 2.05) is 30.3 Å². The van der Waals surface area contributed by atoms with Crippen LogP contribution in [0.4, 0.5) is 0 Å². The second-order valence-corrected chi connectivity index (χ2v) is 3.56. The van der Waals surface area contributed by atoms with Crippen LogP contribution in [0.2, 0.25) is 0 Å². The molecule has 0 spiro atoms. The molecule has 1 rings (SSSR count). The van der Waals surface area contributed by atoms with Gasteiger partial charge in [0.2, 0.25) is 12.3 Å². The Morgan fingerprint density at radius 3 is 2.69 bits per heavy atom. The van der Waals surface area contributed by atoms with Gasteiger partial charge in [-0.2, -0.15) is 0 Å². The number of rotatable bonds is 6. The van der Waals surface area contributed by atoms with Crippen molar-refractivity contribution < 1.29 is 9.59 Å². The van der Waals surface area contributed by atoms with Crippen LogP contribution in [0.3, 0.4) is 0 Å². The van der Waals surface area contributed by atoms with Crippen molar-refractivity contribution in [1.29, 1.82) is 0 Å². The Morgan fingerprint density at radius 1 is 1.38 bits per heavy atom. The first kappa shape index (κ1) is 12.2. The highest BCUT2D eigenvalue weighted by atomic mass is 16.2. The average molecular weight is 220 g/mol. The molecule has 4 nitrogen and oxygen atoms in total. The fourth-order valence-corrected chi connectivity index (χ4v) is 1.37. The van der Waals surface area contributed by atoms with Crippen LogP contribution in [0.1, 0.15) is 12.0 Å². The molecule has 16 heavy (non-hydrogen) atoms. The number of hydrogen-bond acceptors (Lipinski definition) is 2. The lowest BCUT2D eigenvalue weighted by Crippen LogP contribution is -2.29. The van der Waals surface area contributed by atoms with Gasteiger partial charge in [-0.05, 0) is 5.56 Å². The van der Waals surface area contributed by atoms with Crippen molar-refractivity contribution in [3.05, 3.63) is 35.9 Å². The van der Waals surface area contributed by atoms with Crippen molar-refractivity contribution >= 4 is 12.3 Å². The average Bonchev–Trinajstić information content (AvgIpc) is 2.30. The van der Waals surface area contributed by atoms with Crippen molar-refractivity contribution in [2.75, 3.05) is 13.6 Å². The SMILES string of the molecule is CN(Cc1ccccc1)C(=O)CCNC=O. The van der Waals surface area contributed by atoms with E-state index in [9.17, 15) is 9.59 Å². The largest absolute Gasteiger partial charge is 0.358 e. The predicted molar refractivity (Wildman–Crippen MR) is 61.6 cm³/mol. The molecule has 0 fully saturated rings. The Kier molecular flexibility index (Phi) is 5.05. The first-order chi connectivity index (χ1) is 7.74. The maximum atomic E-state index is 11.6. The Bertz CT molecular complexity index is 338. The summed E-state index contributed by atoms with van der Waals surface area (Å²) in [6.07, 6.45) is 0.937. The van der Waals surface area contributed by atoms with Gasteiger partial charge in [0.25, 0.3) is 0 Å². The van der Waals surface area contributed by atoms with Crippen LogP contribution < -0.4 is 5.32 Å². The molecule has 86 valence electrons. The lowest BCUT2D eigenvalue weighted by molar-refractivity contribution is -0.130. The maximum absolute atomic E-state index is 11.6. The third kappa shape index (κ3) is 4.13. The van der Waals surface area contributed by atoms with Crippen LogP contribution in [-0.2, 0) is 16.1 Å². The van der Waals surface area contributed by atoms with E-state index in [0.29, 0.717) is 25.9 Å². The van der Waals surface area contributed by atoms with Gasteiger partial charge >= 0.3 is 0 Å². The third-order valence-electron chi connectivity index (χ3n) is 2.25. The molecule has 0 radical (unpaired) electrons. The molecule has 0 saturated heterocycles. The Balaban J connectivity index is 2.37. The number of carbonyl (C=O) groups excluding carboxylic acids is 2. The summed E-state index contributed by atoms with van der Waals surface area (Å²) >= 11 is 0. The van der Waals surface area contributed by atoms with Crippen molar-refractivity contribution in [2.45, 2.75) is 13.0 Å². The summed E-state index contributed by atoms with van der Waals surface area (Å²) in [5.41, 5.74) is 1.10. The summed E-state index contributed by atoms with van der Waals surface area (Å²) in [5.74, 6) is 0.0261. The Morgan fingerprint density at radius 2 is 2.06 bits per heavy atom. The molecule has 0 aliphatic heterocycles. The minimum Gasteiger partial charge on any atom is -0.358 e. The molecule has 0 saturated carbocycles. The van der Waals surface area contributed by atoms with Crippen molar-refractivity contribution in [2.24, 2.45) is 0 Å². The first-order valence-corrected chi connectivity index (χ1v) is 5.19. The van der Waals surface area contributed by atoms with Gasteiger partial charge in [0.15, 0.2) is 0 Å². The van der Waals surface area contributed by atoms with Gasteiger partial charge in [-0.15, -0.1) is 0 Å². The number of carbonyl (C=O) groups is 2. The van der Waals surface area contributed by atoms with Crippen LogP contribution in [0, 0.1) is 0 Å². The van der Waals surface area contributed by atoms with E-state index < -0.39 is 0 Å². The minimum atomic E-state index is 0.0261. The highest BCUT2D eigenvalue weighted by molar-refractivity contribution is 5.76. The Labute approximate surface area is 95.3 Å². The van der Waals surface area contributed by atoms with Gasteiger partial charge in [-0.1, -0.05) is 30.3 Å². The molecule has 1 N–H and O–H groups in total. The number of nitrogens with zero attached hydrogens (tertiary/aromatic N) is 1. The van der Waals surface area contributed by atoms with E-state index in [2.05, 4.69) is 5.32 Å². The molecule has 0 aromatic heterocycles. The zero-order chi connectivity index (χ0) is 11.8. The molecular formula is C12H16N2O2. The van der Waals surface area contributed by atoms with Gasteiger partial charge in [0, 0.05) is 26.6 Å². The molecule has 2 amide bonds. The lowest BCUT2D eigenvalue weighted by atomic mass is 10.2.